The Morgan fingerprint density at radius 3 is 2.58 bits per heavy atom. The van der Waals surface area contributed by atoms with Crippen LogP contribution in [0.3, 0.4) is 0 Å². The lowest BCUT2D eigenvalue weighted by atomic mass is 10.00. The summed E-state index contributed by atoms with van der Waals surface area (Å²) in [5.74, 6) is 1.94. The highest BCUT2D eigenvalue weighted by Gasteiger charge is 2.26. The molecule has 0 aromatic heterocycles. The first-order chi connectivity index (χ1) is 11.7. The van der Waals surface area contributed by atoms with Gasteiger partial charge in [0.1, 0.15) is 5.82 Å². The van der Waals surface area contributed by atoms with Gasteiger partial charge in [0.15, 0.2) is 0 Å². The Morgan fingerprint density at radius 2 is 1.83 bits per heavy atom. The summed E-state index contributed by atoms with van der Waals surface area (Å²) in [7, 11) is 0. The zero-order valence-corrected chi connectivity index (χ0v) is 14.8. The number of fused-ring (bicyclic) bond motifs is 1. The highest BCUT2D eigenvalue weighted by atomic mass is 32.2. The molecule has 2 aliphatic rings. The Labute approximate surface area is 149 Å². The van der Waals surface area contributed by atoms with Crippen molar-refractivity contribution in [2.75, 3.05) is 23.0 Å². The van der Waals surface area contributed by atoms with E-state index < -0.39 is 0 Å². The molecule has 2 nitrogen and oxygen atoms in total. The van der Waals surface area contributed by atoms with Crippen LogP contribution >= 0.6 is 23.5 Å². The Bertz CT molecular complexity index is 756. The van der Waals surface area contributed by atoms with Gasteiger partial charge in [-0.3, -0.25) is 4.79 Å². The quantitative estimate of drug-likeness (QED) is 0.761. The van der Waals surface area contributed by atoms with Gasteiger partial charge in [0.2, 0.25) is 0 Å². The first-order valence-corrected chi connectivity index (χ1v) is 10.3. The fourth-order valence-electron chi connectivity index (χ4n) is 3.30. The molecule has 1 amide bonds. The molecule has 0 aliphatic carbocycles. The van der Waals surface area contributed by atoms with Crippen LogP contribution in [0.5, 0.6) is 0 Å². The molecular weight excluding hydrogens is 341 g/mol. The molecule has 0 unspecified atom stereocenters. The number of nitrogens with zero attached hydrogens (tertiary/aromatic N) is 1. The minimum absolute atomic E-state index is 0.112. The van der Waals surface area contributed by atoms with Gasteiger partial charge in [-0.25, -0.2) is 4.39 Å². The second-order valence-corrected chi connectivity index (χ2v) is 8.73. The van der Waals surface area contributed by atoms with Crippen LogP contribution in [-0.4, -0.2) is 24.0 Å². The van der Waals surface area contributed by atoms with E-state index in [-0.39, 0.29) is 11.7 Å². The fourth-order valence-corrected chi connectivity index (χ4v) is 6.16. The lowest BCUT2D eigenvalue weighted by molar-refractivity contribution is 0.0984. The lowest BCUT2D eigenvalue weighted by Crippen LogP contribution is -2.36. The molecule has 2 aliphatic heterocycles. The number of para-hydroxylation sites is 1. The molecule has 4 rings (SSSR count). The summed E-state index contributed by atoms with van der Waals surface area (Å²) in [4.78, 5) is 14.5. The third-order valence-electron chi connectivity index (χ3n) is 4.46. The molecule has 1 fully saturated rings. The number of halogens is 1. The van der Waals surface area contributed by atoms with Gasteiger partial charge in [-0.05, 0) is 42.2 Å². The normalized spacial score (nSPS) is 17.8. The summed E-state index contributed by atoms with van der Waals surface area (Å²) < 4.78 is 14.7. The molecule has 0 bridgehead atoms. The average molecular weight is 359 g/mol. The predicted octanol–water partition coefficient (Wildman–Crippen LogP) is 4.90. The second kappa shape index (κ2) is 6.81. The van der Waals surface area contributed by atoms with Crippen molar-refractivity contribution < 1.29 is 9.18 Å². The van der Waals surface area contributed by atoms with E-state index in [4.69, 9.17) is 0 Å². The molecular formula is C19H18FNOS2. The second-order valence-electron chi connectivity index (χ2n) is 6.00. The summed E-state index contributed by atoms with van der Waals surface area (Å²) in [6.07, 6.45) is 1.70. The van der Waals surface area contributed by atoms with Gasteiger partial charge in [0.25, 0.3) is 5.91 Å². The highest BCUT2D eigenvalue weighted by molar-refractivity contribution is 8.19. The molecule has 0 N–H and O–H groups in total. The number of hydrogen-bond donors (Lipinski definition) is 0. The van der Waals surface area contributed by atoms with Gasteiger partial charge in [0, 0.05) is 23.6 Å². The molecule has 24 heavy (non-hydrogen) atoms. The Balaban J connectivity index is 1.61. The lowest BCUT2D eigenvalue weighted by Gasteiger charge is -2.30. The van der Waals surface area contributed by atoms with Crippen LogP contribution in [0, 0.1) is 5.82 Å². The van der Waals surface area contributed by atoms with E-state index in [1.54, 1.807) is 11.0 Å². The molecule has 2 heterocycles. The first kappa shape index (κ1) is 16.0. The molecule has 5 heteroatoms. The van der Waals surface area contributed by atoms with Crippen LogP contribution in [-0.2, 0) is 6.42 Å². The molecule has 2 aromatic rings. The van der Waals surface area contributed by atoms with E-state index in [1.165, 1.54) is 23.1 Å². The summed E-state index contributed by atoms with van der Waals surface area (Å²) in [5, 5.41) is 0. The van der Waals surface area contributed by atoms with Crippen molar-refractivity contribution in [2.24, 2.45) is 0 Å². The van der Waals surface area contributed by atoms with Crippen molar-refractivity contribution in [1.82, 2.24) is 0 Å². The van der Waals surface area contributed by atoms with E-state index in [9.17, 15) is 9.18 Å². The van der Waals surface area contributed by atoms with Gasteiger partial charge in [-0.15, -0.1) is 23.5 Å². The zero-order valence-electron chi connectivity index (χ0n) is 13.2. The maximum Gasteiger partial charge on any atom is 0.258 e. The number of carbonyl (C=O) groups excluding carboxylic acids is 1. The van der Waals surface area contributed by atoms with E-state index in [0.29, 0.717) is 22.4 Å². The number of thioether (sulfide) groups is 2. The smallest absolute Gasteiger partial charge is 0.258 e. The standard InChI is InChI=1S/C19H18FNOS2/c20-16-5-1-3-13-4-2-10-21(17(13)16)18(22)14-6-8-15(9-7-14)19-23-11-12-24-19/h1,3,5-9,19H,2,4,10-12H2. The Hall–Kier alpha value is -1.46. The molecule has 0 saturated carbocycles. The predicted molar refractivity (Wildman–Crippen MR) is 100 cm³/mol. The van der Waals surface area contributed by atoms with Crippen molar-refractivity contribution in [2.45, 2.75) is 17.4 Å². The number of carbonyl (C=O) groups is 1. The fraction of sp³-hybridized carbons (Fsp3) is 0.316. The number of aryl methyl sites for hydroxylation is 1. The molecule has 0 spiro atoms. The summed E-state index contributed by atoms with van der Waals surface area (Å²) in [6, 6.07) is 12.9. The Kier molecular flexibility index (Phi) is 4.55. The maximum atomic E-state index is 14.3. The van der Waals surface area contributed by atoms with Gasteiger partial charge in [-0.2, -0.15) is 0 Å². The molecule has 124 valence electrons. The van der Waals surface area contributed by atoms with Crippen LogP contribution in [0.25, 0.3) is 0 Å². The molecule has 2 aromatic carbocycles. The molecule has 0 radical (unpaired) electrons. The van der Waals surface area contributed by atoms with Crippen LogP contribution in [0.1, 0.15) is 32.5 Å². The minimum Gasteiger partial charge on any atom is -0.305 e. The van der Waals surface area contributed by atoms with Gasteiger partial charge in [0.05, 0.1) is 10.3 Å². The number of hydrogen-bond acceptors (Lipinski definition) is 3. The van der Waals surface area contributed by atoms with Crippen molar-refractivity contribution in [3.63, 3.8) is 0 Å². The average Bonchev–Trinajstić information content (AvgIpc) is 3.16. The van der Waals surface area contributed by atoms with Crippen molar-refractivity contribution in [3.8, 4) is 0 Å². The van der Waals surface area contributed by atoms with Crippen LogP contribution in [0.15, 0.2) is 42.5 Å². The summed E-state index contributed by atoms with van der Waals surface area (Å²) >= 11 is 3.90. The maximum absolute atomic E-state index is 14.3. The monoisotopic (exact) mass is 359 g/mol. The van der Waals surface area contributed by atoms with Gasteiger partial charge >= 0.3 is 0 Å². The third-order valence-corrected chi connectivity index (χ3v) is 7.57. The summed E-state index contributed by atoms with van der Waals surface area (Å²) in [6.45, 7) is 0.572. The zero-order chi connectivity index (χ0) is 16.5. The largest absolute Gasteiger partial charge is 0.305 e. The van der Waals surface area contributed by atoms with E-state index in [2.05, 4.69) is 0 Å². The van der Waals surface area contributed by atoms with Crippen molar-refractivity contribution >= 4 is 35.1 Å². The van der Waals surface area contributed by atoms with Crippen molar-refractivity contribution in [1.29, 1.82) is 0 Å². The van der Waals surface area contributed by atoms with E-state index in [0.717, 1.165) is 18.4 Å². The number of rotatable bonds is 2. The minimum atomic E-state index is -0.309. The van der Waals surface area contributed by atoms with E-state index in [1.807, 2.05) is 53.9 Å². The molecule has 0 atom stereocenters. The summed E-state index contributed by atoms with van der Waals surface area (Å²) in [5.41, 5.74) is 3.26. The van der Waals surface area contributed by atoms with Crippen molar-refractivity contribution in [3.05, 3.63) is 65.0 Å². The molecule has 1 saturated heterocycles. The number of anilines is 1. The SMILES string of the molecule is O=C(c1ccc(C2SCCS2)cc1)N1CCCc2cccc(F)c21. The first-order valence-electron chi connectivity index (χ1n) is 8.16. The van der Waals surface area contributed by atoms with Crippen LogP contribution in [0.4, 0.5) is 10.1 Å². The third kappa shape index (κ3) is 2.95. The highest BCUT2D eigenvalue weighted by Crippen LogP contribution is 2.45. The van der Waals surface area contributed by atoms with Gasteiger partial charge in [-0.1, -0.05) is 24.3 Å². The van der Waals surface area contributed by atoms with E-state index >= 15 is 0 Å². The van der Waals surface area contributed by atoms with Gasteiger partial charge < -0.3 is 4.90 Å². The topological polar surface area (TPSA) is 20.3 Å². The van der Waals surface area contributed by atoms with Crippen LogP contribution in [0.2, 0.25) is 0 Å². The Morgan fingerprint density at radius 1 is 1.08 bits per heavy atom. The number of amides is 1. The van der Waals surface area contributed by atoms with Crippen LogP contribution < -0.4 is 4.90 Å². The number of benzene rings is 2.